The lowest BCUT2D eigenvalue weighted by molar-refractivity contribution is 0.496. The SMILES string of the molecule is Cc1cc(C(NC(C)C)c2cccc(I)c2)c(F)cc1F. The van der Waals surface area contributed by atoms with E-state index in [4.69, 9.17) is 0 Å². The number of hydrogen-bond donors (Lipinski definition) is 1. The molecule has 2 aromatic rings. The van der Waals surface area contributed by atoms with Crippen molar-refractivity contribution in [2.45, 2.75) is 32.9 Å². The first kappa shape index (κ1) is 16.4. The Hall–Kier alpha value is -1.01. The van der Waals surface area contributed by atoms with Crippen molar-refractivity contribution in [3.63, 3.8) is 0 Å². The molecule has 1 atom stereocenters. The minimum Gasteiger partial charge on any atom is -0.304 e. The monoisotopic (exact) mass is 401 g/mol. The van der Waals surface area contributed by atoms with Crippen LogP contribution < -0.4 is 5.32 Å². The van der Waals surface area contributed by atoms with Crippen LogP contribution in [0.4, 0.5) is 8.78 Å². The van der Waals surface area contributed by atoms with Crippen molar-refractivity contribution in [1.82, 2.24) is 5.32 Å². The molecular formula is C17H18F2IN. The molecule has 0 bridgehead atoms. The summed E-state index contributed by atoms with van der Waals surface area (Å²) in [5.74, 6) is -1.03. The van der Waals surface area contributed by atoms with E-state index in [0.717, 1.165) is 15.2 Å². The van der Waals surface area contributed by atoms with Gasteiger partial charge < -0.3 is 5.32 Å². The van der Waals surface area contributed by atoms with E-state index in [2.05, 4.69) is 27.9 Å². The van der Waals surface area contributed by atoms with Crippen LogP contribution in [-0.2, 0) is 0 Å². The number of halogens is 3. The third-order valence-corrected chi connectivity index (χ3v) is 3.94. The number of nitrogens with one attached hydrogen (secondary N) is 1. The molecule has 1 unspecified atom stereocenters. The van der Waals surface area contributed by atoms with E-state index in [1.54, 1.807) is 13.0 Å². The second kappa shape index (κ2) is 6.83. The van der Waals surface area contributed by atoms with E-state index >= 15 is 0 Å². The lowest BCUT2D eigenvalue weighted by Gasteiger charge is -2.23. The number of benzene rings is 2. The van der Waals surface area contributed by atoms with Gasteiger partial charge >= 0.3 is 0 Å². The van der Waals surface area contributed by atoms with Gasteiger partial charge in [-0.3, -0.25) is 0 Å². The topological polar surface area (TPSA) is 12.0 Å². The Kier molecular flexibility index (Phi) is 5.32. The van der Waals surface area contributed by atoms with Crippen LogP contribution in [-0.4, -0.2) is 6.04 Å². The maximum absolute atomic E-state index is 14.2. The molecule has 21 heavy (non-hydrogen) atoms. The summed E-state index contributed by atoms with van der Waals surface area (Å²) in [5, 5.41) is 3.36. The van der Waals surface area contributed by atoms with Crippen molar-refractivity contribution in [3.8, 4) is 0 Å². The minimum absolute atomic E-state index is 0.178. The number of hydrogen-bond acceptors (Lipinski definition) is 1. The van der Waals surface area contributed by atoms with Gasteiger partial charge in [-0.1, -0.05) is 12.1 Å². The van der Waals surface area contributed by atoms with Gasteiger partial charge in [-0.25, -0.2) is 8.78 Å². The summed E-state index contributed by atoms with van der Waals surface area (Å²) >= 11 is 2.23. The Morgan fingerprint density at radius 1 is 1.05 bits per heavy atom. The van der Waals surface area contributed by atoms with Crippen molar-refractivity contribution in [2.24, 2.45) is 0 Å². The highest BCUT2D eigenvalue weighted by Gasteiger charge is 2.20. The lowest BCUT2D eigenvalue weighted by atomic mass is 9.96. The number of rotatable bonds is 4. The standard InChI is InChI=1S/C17H18F2IN/c1-10(2)21-17(12-5-4-6-13(20)8-12)14-7-11(3)15(18)9-16(14)19/h4-10,17,21H,1-3H3. The smallest absolute Gasteiger partial charge is 0.131 e. The predicted octanol–water partition coefficient (Wildman–Crippen LogP) is 4.97. The third kappa shape index (κ3) is 4.01. The molecule has 0 heterocycles. The average Bonchev–Trinajstić information content (AvgIpc) is 2.40. The maximum atomic E-state index is 14.2. The van der Waals surface area contributed by atoms with Crippen LogP contribution in [0.25, 0.3) is 0 Å². The Morgan fingerprint density at radius 2 is 1.76 bits per heavy atom. The van der Waals surface area contributed by atoms with Gasteiger partial charge in [0.15, 0.2) is 0 Å². The first-order valence-electron chi connectivity index (χ1n) is 6.85. The fourth-order valence-corrected chi connectivity index (χ4v) is 2.85. The first-order chi connectivity index (χ1) is 9.88. The number of aryl methyl sites for hydroxylation is 1. The van der Waals surface area contributed by atoms with E-state index in [1.807, 2.05) is 38.1 Å². The highest BCUT2D eigenvalue weighted by atomic mass is 127. The van der Waals surface area contributed by atoms with Crippen LogP contribution in [0, 0.1) is 22.1 Å². The summed E-state index contributed by atoms with van der Waals surface area (Å²) in [4.78, 5) is 0. The van der Waals surface area contributed by atoms with Gasteiger partial charge in [-0.2, -0.15) is 0 Å². The molecule has 0 aliphatic rings. The third-order valence-electron chi connectivity index (χ3n) is 3.27. The molecule has 4 heteroatoms. The van der Waals surface area contributed by atoms with Crippen molar-refractivity contribution in [1.29, 1.82) is 0 Å². The molecule has 2 rings (SSSR count). The van der Waals surface area contributed by atoms with E-state index in [0.29, 0.717) is 11.1 Å². The Labute approximate surface area is 137 Å². The van der Waals surface area contributed by atoms with Crippen molar-refractivity contribution >= 4 is 22.6 Å². The zero-order valence-electron chi connectivity index (χ0n) is 12.3. The molecule has 0 saturated heterocycles. The van der Waals surface area contributed by atoms with E-state index in [1.165, 1.54) is 0 Å². The fourth-order valence-electron chi connectivity index (χ4n) is 2.29. The molecule has 0 aromatic heterocycles. The lowest BCUT2D eigenvalue weighted by Crippen LogP contribution is -2.29. The summed E-state index contributed by atoms with van der Waals surface area (Å²) in [5.41, 5.74) is 1.90. The average molecular weight is 401 g/mol. The van der Waals surface area contributed by atoms with Gasteiger partial charge in [0.1, 0.15) is 11.6 Å². The van der Waals surface area contributed by atoms with Gasteiger partial charge in [-0.05, 0) is 72.7 Å². The highest BCUT2D eigenvalue weighted by molar-refractivity contribution is 14.1. The second-order valence-corrected chi connectivity index (χ2v) is 6.68. The Bertz CT molecular complexity index is 641. The van der Waals surface area contributed by atoms with Crippen LogP contribution in [0.3, 0.4) is 0 Å². The summed E-state index contributed by atoms with van der Waals surface area (Å²) in [6.45, 7) is 5.67. The molecule has 0 radical (unpaired) electrons. The van der Waals surface area contributed by atoms with Crippen LogP contribution in [0.1, 0.15) is 36.6 Å². The summed E-state index contributed by atoms with van der Waals surface area (Å²) in [7, 11) is 0. The molecule has 0 aliphatic carbocycles. The van der Waals surface area contributed by atoms with Crippen LogP contribution in [0.15, 0.2) is 36.4 Å². The van der Waals surface area contributed by atoms with Gasteiger partial charge in [0, 0.05) is 21.2 Å². The van der Waals surface area contributed by atoms with Crippen molar-refractivity contribution in [3.05, 3.63) is 68.3 Å². The zero-order chi connectivity index (χ0) is 15.6. The molecule has 2 aromatic carbocycles. The Morgan fingerprint density at radius 3 is 2.38 bits per heavy atom. The van der Waals surface area contributed by atoms with E-state index < -0.39 is 11.6 Å². The molecule has 0 aliphatic heterocycles. The van der Waals surface area contributed by atoms with E-state index in [9.17, 15) is 8.78 Å². The van der Waals surface area contributed by atoms with Crippen LogP contribution in [0.2, 0.25) is 0 Å². The molecule has 0 spiro atoms. The summed E-state index contributed by atoms with van der Waals surface area (Å²) in [6, 6.07) is 10.3. The minimum atomic E-state index is -0.518. The quantitative estimate of drug-likeness (QED) is 0.714. The van der Waals surface area contributed by atoms with Gasteiger partial charge in [-0.15, -0.1) is 0 Å². The maximum Gasteiger partial charge on any atom is 0.131 e. The zero-order valence-corrected chi connectivity index (χ0v) is 14.4. The first-order valence-corrected chi connectivity index (χ1v) is 7.93. The van der Waals surface area contributed by atoms with Crippen LogP contribution >= 0.6 is 22.6 Å². The molecule has 0 fully saturated rings. The summed E-state index contributed by atoms with van der Waals surface area (Å²) in [6.07, 6.45) is 0. The van der Waals surface area contributed by atoms with Gasteiger partial charge in [0.2, 0.25) is 0 Å². The van der Waals surface area contributed by atoms with Crippen molar-refractivity contribution < 1.29 is 8.78 Å². The summed E-state index contributed by atoms with van der Waals surface area (Å²) < 4.78 is 28.8. The Balaban J connectivity index is 2.53. The van der Waals surface area contributed by atoms with Gasteiger partial charge in [0.05, 0.1) is 6.04 Å². The molecule has 1 N–H and O–H groups in total. The normalized spacial score (nSPS) is 12.7. The molecule has 0 amide bonds. The van der Waals surface area contributed by atoms with Crippen molar-refractivity contribution in [2.75, 3.05) is 0 Å². The molecule has 1 nitrogen and oxygen atoms in total. The predicted molar refractivity (Wildman–Crippen MR) is 90.4 cm³/mol. The largest absolute Gasteiger partial charge is 0.304 e. The molecule has 112 valence electrons. The second-order valence-electron chi connectivity index (χ2n) is 5.43. The van der Waals surface area contributed by atoms with E-state index in [-0.39, 0.29) is 12.1 Å². The fraction of sp³-hybridized carbons (Fsp3) is 0.294. The highest BCUT2D eigenvalue weighted by Crippen LogP contribution is 2.28. The van der Waals surface area contributed by atoms with Gasteiger partial charge in [0.25, 0.3) is 0 Å². The molecule has 0 saturated carbocycles. The molecular weight excluding hydrogens is 383 g/mol. The van der Waals surface area contributed by atoms with Crippen LogP contribution in [0.5, 0.6) is 0 Å².